The Bertz CT molecular complexity index is 456. The van der Waals surface area contributed by atoms with E-state index in [-0.39, 0.29) is 29.4 Å². The molecular formula is C17H28IN3. The molecule has 0 saturated heterocycles. The first kappa shape index (κ1) is 18.3. The Morgan fingerprint density at radius 2 is 1.90 bits per heavy atom. The SMILES string of the molecule is CCNC(=NCC(C)(C)c1ccccc1)NC1CC1C.I. The first-order valence-electron chi connectivity index (χ1n) is 7.63. The molecule has 1 saturated carbocycles. The van der Waals surface area contributed by atoms with E-state index < -0.39 is 0 Å². The molecule has 2 N–H and O–H groups in total. The summed E-state index contributed by atoms with van der Waals surface area (Å²) in [5, 5.41) is 6.84. The van der Waals surface area contributed by atoms with Crippen molar-refractivity contribution in [2.45, 2.75) is 45.6 Å². The van der Waals surface area contributed by atoms with Gasteiger partial charge in [-0.2, -0.15) is 0 Å². The van der Waals surface area contributed by atoms with Gasteiger partial charge >= 0.3 is 0 Å². The van der Waals surface area contributed by atoms with E-state index in [2.05, 4.69) is 68.7 Å². The average molecular weight is 401 g/mol. The first-order valence-corrected chi connectivity index (χ1v) is 7.63. The van der Waals surface area contributed by atoms with E-state index in [1.165, 1.54) is 12.0 Å². The number of nitrogens with zero attached hydrogens (tertiary/aromatic N) is 1. The van der Waals surface area contributed by atoms with Gasteiger partial charge in [0.1, 0.15) is 0 Å². The predicted molar refractivity (Wildman–Crippen MR) is 102 cm³/mol. The van der Waals surface area contributed by atoms with Crippen molar-refractivity contribution in [2.24, 2.45) is 10.9 Å². The number of hydrogen-bond acceptors (Lipinski definition) is 1. The molecular weight excluding hydrogens is 373 g/mol. The maximum atomic E-state index is 4.77. The summed E-state index contributed by atoms with van der Waals surface area (Å²) in [6.45, 7) is 10.6. The van der Waals surface area contributed by atoms with E-state index in [1.54, 1.807) is 0 Å². The largest absolute Gasteiger partial charge is 0.357 e. The molecule has 1 aromatic rings. The van der Waals surface area contributed by atoms with Crippen LogP contribution in [0.1, 0.15) is 39.7 Å². The topological polar surface area (TPSA) is 36.4 Å². The third kappa shape index (κ3) is 5.49. The van der Waals surface area contributed by atoms with Crippen LogP contribution in [-0.4, -0.2) is 25.1 Å². The second-order valence-electron chi connectivity index (χ2n) is 6.41. The Morgan fingerprint density at radius 3 is 2.43 bits per heavy atom. The molecule has 118 valence electrons. The van der Waals surface area contributed by atoms with Crippen LogP contribution in [0.4, 0.5) is 0 Å². The summed E-state index contributed by atoms with van der Waals surface area (Å²) in [4.78, 5) is 4.77. The summed E-state index contributed by atoms with van der Waals surface area (Å²) in [6, 6.07) is 11.2. The summed E-state index contributed by atoms with van der Waals surface area (Å²) < 4.78 is 0. The van der Waals surface area contributed by atoms with Gasteiger partial charge in [-0.3, -0.25) is 4.99 Å². The molecule has 3 nitrogen and oxygen atoms in total. The van der Waals surface area contributed by atoms with Gasteiger partial charge in [0.2, 0.25) is 0 Å². The minimum Gasteiger partial charge on any atom is -0.357 e. The summed E-state index contributed by atoms with van der Waals surface area (Å²) in [6.07, 6.45) is 1.26. The maximum Gasteiger partial charge on any atom is 0.191 e. The number of rotatable bonds is 5. The Kier molecular flexibility index (Phi) is 6.97. The van der Waals surface area contributed by atoms with Crippen molar-refractivity contribution in [1.82, 2.24) is 10.6 Å². The molecule has 2 atom stereocenters. The molecule has 0 aliphatic heterocycles. The molecule has 2 rings (SSSR count). The van der Waals surface area contributed by atoms with Gasteiger partial charge in [0.15, 0.2) is 5.96 Å². The highest BCUT2D eigenvalue weighted by Gasteiger charge is 2.33. The average Bonchev–Trinajstić information content (AvgIpc) is 3.13. The predicted octanol–water partition coefficient (Wildman–Crippen LogP) is 3.55. The standard InChI is InChI=1S/C17H27N3.HI/c1-5-18-16(20-15-11-13(15)2)19-12-17(3,4)14-9-7-6-8-10-14;/h6-10,13,15H,5,11-12H2,1-4H3,(H2,18,19,20);1H. The number of benzene rings is 1. The number of halogens is 1. The van der Waals surface area contributed by atoms with Gasteiger partial charge in [-0.25, -0.2) is 0 Å². The molecule has 4 heteroatoms. The van der Waals surface area contributed by atoms with Crippen LogP contribution >= 0.6 is 24.0 Å². The lowest BCUT2D eigenvalue weighted by Gasteiger charge is -2.24. The molecule has 1 aliphatic carbocycles. The molecule has 1 fully saturated rings. The lowest BCUT2D eigenvalue weighted by molar-refractivity contribution is 0.537. The van der Waals surface area contributed by atoms with Gasteiger partial charge in [-0.05, 0) is 24.8 Å². The van der Waals surface area contributed by atoms with Crippen LogP contribution in [0.2, 0.25) is 0 Å². The van der Waals surface area contributed by atoms with E-state index in [1.807, 2.05) is 0 Å². The minimum absolute atomic E-state index is 0. The minimum atomic E-state index is 0. The summed E-state index contributed by atoms with van der Waals surface area (Å²) in [7, 11) is 0. The van der Waals surface area contributed by atoms with Crippen LogP contribution in [0.15, 0.2) is 35.3 Å². The van der Waals surface area contributed by atoms with E-state index in [0.29, 0.717) is 6.04 Å². The fraction of sp³-hybridized carbons (Fsp3) is 0.588. The number of hydrogen-bond donors (Lipinski definition) is 2. The Morgan fingerprint density at radius 1 is 1.29 bits per heavy atom. The highest BCUT2D eigenvalue weighted by Crippen LogP contribution is 2.29. The van der Waals surface area contributed by atoms with E-state index in [9.17, 15) is 0 Å². The van der Waals surface area contributed by atoms with Gasteiger partial charge in [0.25, 0.3) is 0 Å². The zero-order chi connectivity index (χ0) is 14.6. The van der Waals surface area contributed by atoms with Crippen molar-refractivity contribution in [3.8, 4) is 0 Å². The smallest absolute Gasteiger partial charge is 0.191 e. The zero-order valence-corrected chi connectivity index (χ0v) is 15.8. The molecule has 0 spiro atoms. The van der Waals surface area contributed by atoms with Gasteiger partial charge in [-0.15, -0.1) is 24.0 Å². The molecule has 2 unspecified atom stereocenters. The van der Waals surface area contributed by atoms with Gasteiger partial charge in [-0.1, -0.05) is 51.1 Å². The zero-order valence-electron chi connectivity index (χ0n) is 13.5. The first-order chi connectivity index (χ1) is 9.53. The van der Waals surface area contributed by atoms with Crippen LogP contribution in [0, 0.1) is 5.92 Å². The van der Waals surface area contributed by atoms with Crippen molar-refractivity contribution in [1.29, 1.82) is 0 Å². The lowest BCUT2D eigenvalue weighted by Crippen LogP contribution is -2.40. The van der Waals surface area contributed by atoms with E-state index in [0.717, 1.165) is 25.0 Å². The highest BCUT2D eigenvalue weighted by atomic mass is 127. The monoisotopic (exact) mass is 401 g/mol. The van der Waals surface area contributed by atoms with Crippen molar-refractivity contribution in [2.75, 3.05) is 13.1 Å². The highest BCUT2D eigenvalue weighted by molar-refractivity contribution is 14.0. The molecule has 0 aromatic heterocycles. The molecule has 0 radical (unpaired) electrons. The normalized spacial score (nSPS) is 21.4. The van der Waals surface area contributed by atoms with E-state index in [4.69, 9.17) is 4.99 Å². The summed E-state index contributed by atoms with van der Waals surface area (Å²) in [5.41, 5.74) is 1.39. The Labute approximate surface area is 146 Å². The van der Waals surface area contributed by atoms with Crippen LogP contribution in [0.25, 0.3) is 0 Å². The van der Waals surface area contributed by atoms with Crippen molar-refractivity contribution >= 4 is 29.9 Å². The number of nitrogens with one attached hydrogen (secondary N) is 2. The van der Waals surface area contributed by atoms with Crippen molar-refractivity contribution in [3.63, 3.8) is 0 Å². The van der Waals surface area contributed by atoms with Gasteiger partial charge in [0.05, 0.1) is 6.54 Å². The van der Waals surface area contributed by atoms with Gasteiger partial charge < -0.3 is 10.6 Å². The number of guanidine groups is 1. The van der Waals surface area contributed by atoms with Crippen molar-refractivity contribution in [3.05, 3.63) is 35.9 Å². The van der Waals surface area contributed by atoms with Gasteiger partial charge in [0, 0.05) is 18.0 Å². The molecule has 1 aromatic carbocycles. The van der Waals surface area contributed by atoms with Crippen LogP contribution < -0.4 is 10.6 Å². The second-order valence-corrected chi connectivity index (χ2v) is 6.41. The second kappa shape index (κ2) is 8.01. The van der Waals surface area contributed by atoms with Crippen LogP contribution in [0.3, 0.4) is 0 Å². The number of aliphatic imine (C=N–C) groups is 1. The lowest BCUT2D eigenvalue weighted by atomic mass is 9.85. The molecule has 0 amide bonds. The summed E-state index contributed by atoms with van der Waals surface area (Å²) >= 11 is 0. The van der Waals surface area contributed by atoms with Crippen molar-refractivity contribution < 1.29 is 0 Å². The molecule has 0 bridgehead atoms. The van der Waals surface area contributed by atoms with E-state index >= 15 is 0 Å². The molecule has 1 aliphatic rings. The Hall–Kier alpha value is -0.780. The Balaban J connectivity index is 0.00000220. The maximum absolute atomic E-state index is 4.77. The third-order valence-corrected chi connectivity index (χ3v) is 3.96. The quantitative estimate of drug-likeness (QED) is 0.450. The van der Waals surface area contributed by atoms with Crippen LogP contribution in [0.5, 0.6) is 0 Å². The molecule has 0 heterocycles. The fourth-order valence-electron chi connectivity index (χ4n) is 2.28. The summed E-state index contributed by atoms with van der Waals surface area (Å²) in [5.74, 6) is 1.73. The third-order valence-electron chi connectivity index (χ3n) is 3.96. The van der Waals surface area contributed by atoms with Crippen LogP contribution in [-0.2, 0) is 5.41 Å². The fourth-order valence-corrected chi connectivity index (χ4v) is 2.28. The molecule has 21 heavy (non-hydrogen) atoms.